The van der Waals surface area contributed by atoms with Gasteiger partial charge in [-0.3, -0.25) is 0 Å². The summed E-state index contributed by atoms with van der Waals surface area (Å²) in [5.41, 5.74) is 0. The fourth-order valence-corrected chi connectivity index (χ4v) is 1.25. The molecule has 0 radical (unpaired) electrons. The van der Waals surface area contributed by atoms with Crippen molar-refractivity contribution in [3.8, 4) is 0 Å². The van der Waals surface area contributed by atoms with Gasteiger partial charge in [0.1, 0.15) is 9.75 Å². The Morgan fingerprint density at radius 2 is 1.50 bits per heavy atom. The van der Waals surface area contributed by atoms with Crippen molar-refractivity contribution < 1.29 is 50.8 Å². The van der Waals surface area contributed by atoms with Gasteiger partial charge in [-0.1, -0.05) is 0 Å². The maximum absolute atomic E-state index is 10.3. The number of hydrogen-bond donors (Lipinski definition) is 2. The molecule has 4 nitrogen and oxygen atoms in total. The van der Waals surface area contributed by atoms with Gasteiger partial charge in [0.15, 0.2) is 0 Å². The van der Waals surface area contributed by atoms with Crippen LogP contribution in [0.1, 0.15) is 20.8 Å². The molecule has 0 unspecified atom stereocenters. The molecule has 1 aromatic rings. The standard InChI is InChI=1S/C6H4O4S.Na.H/c7-5(8)3-1-2-4(11-3)6(9)10;;/h1-2H,(H,7,8)(H,9,10);;/q;+1;-1. The van der Waals surface area contributed by atoms with Gasteiger partial charge in [0.25, 0.3) is 0 Å². The molecular formula is C6H5NaO4S. The molecule has 2 N–H and O–H groups in total. The summed E-state index contributed by atoms with van der Waals surface area (Å²) in [4.78, 5) is 20.6. The molecule has 0 amide bonds. The molecule has 1 aromatic heterocycles. The van der Waals surface area contributed by atoms with Crippen molar-refractivity contribution in [3.05, 3.63) is 21.9 Å². The van der Waals surface area contributed by atoms with E-state index in [2.05, 4.69) is 0 Å². The average molecular weight is 196 g/mol. The Balaban J connectivity index is 0. The van der Waals surface area contributed by atoms with E-state index in [4.69, 9.17) is 10.2 Å². The first-order chi connectivity index (χ1) is 5.11. The summed E-state index contributed by atoms with van der Waals surface area (Å²) in [7, 11) is 0. The number of hydrogen-bond acceptors (Lipinski definition) is 3. The van der Waals surface area contributed by atoms with Crippen molar-refractivity contribution in [1.82, 2.24) is 0 Å². The third-order valence-electron chi connectivity index (χ3n) is 1.03. The molecule has 0 bridgehead atoms. The Hall–Kier alpha value is -0.360. The van der Waals surface area contributed by atoms with Crippen LogP contribution in [-0.2, 0) is 0 Å². The minimum atomic E-state index is -1.09. The van der Waals surface area contributed by atoms with Gasteiger partial charge < -0.3 is 11.6 Å². The van der Waals surface area contributed by atoms with Crippen LogP contribution in [0.15, 0.2) is 12.1 Å². The van der Waals surface area contributed by atoms with E-state index in [1.165, 1.54) is 12.1 Å². The average Bonchev–Trinajstić information content (AvgIpc) is 2.33. The summed E-state index contributed by atoms with van der Waals surface area (Å²) in [6.45, 7) is 0. The Kier molecular flexibility index (Phi) is 4.47. The zero-order valence-electron chi connectivity index (χ0n) is 7.27. The number of carboxylic acids is 2. The zero-order chi connectivity index (χ0) is 8.43. The predicted molar refractivity (Wildman–Crippen MR) is 39.3 cm³/mol. The summed E-state index contributed by atoms with van der Waals surface area (Å²) >= 11 is 0.750. The quantitative estimate of drug-likeness (QED) is 0.551. The molecule has 6 heteroatoms. The van der Waals surface area contributed by atoms with Gasteiger partial charge in [0, 0.05) is 0 Å². The maximum atomic E-state index is 10.3. The molecule has 0 atom stereocenters. The number of thiophene rings is 1. The summed E-state index contributed by atoms with van der Waals surface area (Å²) in [6.07, 6.45) is 0. The normalized spacial score (nSPS) is 8.67. The Bertz CT molecular complexity index is 283. The largest absolute Gasteiger partial charge is 1.00 e. The topological polar surface area (TPSA) is 74.6 Å². The zero-order valence-corrected chi connectivity index (χ0v) is 9.09. The van der Waals surface area contributed by atoms with Crippen molar-refractivity contribution in [3.63, 3.8) is 0 Å². The van der Waals surface area contributed by atoms with E-state index in [-0.39, 0.29) is 40.7 Å². The van der Waals surface area contributed by atoms with Crippen LogP contribution in [0.2, 0.25) is 0 Å². The predicted octanol–water partition coefficient (Wildman–Crippen LogP) is -1.74. The number of carboxylic acid groups (broad SMARTS) is 2. The van der Waals surface area contributed by atoms with Crippen LogP contribution < -0.4 is 29.6 Å². The fraction of sp³-hybridized carbons (Fsp3) is 0. The molecule has 60 valence electrons. The third kappa shape index (κ3) is 2.60. The van der Waals surface area contributed by atoms with E-state index in [0.717, 1.165) is 11.3 Å². The maximum Gasteiger partial charge on any atom is 1.00 e. The third-order valence-corrected chi connectivity index (χ3v) is 2.09. The Morgan fingerprint density at radius 1 is 1.17 bits per heavy atom. The second kappa shape index (κ2) is 4.61. The first-order valence-corrected chi connectivity index (χ1v) is 3.49. The summed E-state index contributed by atoms with van der Waals surface area (Å²) < 4.78 is 0. The fourth-order valence-electron chi connectivity index (χ4n) is 0.568. The van der Waals surface area contributed by atoms with E-state index >= 15 is 0 Å². The minimum Gasteiger partial charge on any atom is -1.00 e. The molecule has 1 rings (SSSR count). The molecule has 0 aliphatic carbocycles. The first kappa shape index (κ1) is 11.6. The summed E-state index contributed by atoms with van der Waals surface area (Å²) in [5.74, 6) is -2.19. The first-order valence-electron chi connectivity index (χ1n) is 2.67. The molecule has 0 fully saturated rings. The molecule has 0 aliphatic heterocycles. The van der Waals surface area contributed by atoms with Crippen LogP contribution >= 0.6 is 11.3 Å². The van der Waals surface area contributed by atoms with E-state index < -0.39 is 11.9 Å². The van der Waals surface area contributed by atoms with E-state index in [1.807, 2.05) is 0 Å². The monoisotopic (exact) mass is 196 g/mol. The van der Waals surface area contributed by atoms with Crippen molar-refractivity contribution in [2.45, 2.75) is 0 Å². The van der Waals surface area contributed by atoms with Crippen molar-refractivity contribution >= 4 is 23.3 Å². The molecule has 0 aliphatic rings. The van der Waals surface area contributed by atoms with Crippen LogP contribution in [-0.4, -0.2) is 22.2 Å². The molecule has 0 aromatic carbocycles. The van der Waals surface area contributed by atoms with Gasteiger partial charge >= 0.3 is 41.5 Å². The molecule has 1 heterocycles. The minimum absolute atomic E-state index is 0. The van der Waals surface area contributed by atoms with Gasteiger partial charge in [0.2, 0.25) is 0 Å². The van der Waals surface area contributed by atoms with Gasteiger partial charge in [-0.15, -0.1) is 11.3 Å². The van der Waals surface area contributed by atoms with E-state index in [0.29, 0.717) is 0 Å². The molecule has 0 saturated carbocycles. The van der Waals surface area contributed by atoms with Gasteiger partial charge in [-0.05, 0) is 12.1 Å². The summed E-state index contributed by atoms with van der Waals surface area (Å²) in [6, 6.07) is 2.55. The van der Waals surface area contributed by atoms with E-state index in [9.17, 15) is 9.59 Å². The second-order valence-electron chi connectivity index (χ2n) is 1.77. The van der Waals surface area contributed by atoms with Crippen LogP contribution in [0, 0.1) is 0 Å². The molecule has 0 spiro atoms. The molecule has 12 heavy (non-hydrogen) atoms. The van der Waals surface area contributed by atoms with Gasteiger partial charge in [0.05, 0.1) is 0 Å². The van der Waals surface area contributed by atoms with Crippen molar-refractivity contribution in [2.75, 3.05) is 0 Å². The smallest absolute Gasteiger partial charge is 1.00 e. The number of rotatable bonds is 2. The Morgan fingerprint density at radius 3 is 1.67 bits per heavy atom. The van der Waals surface area contributed by atoms with Crippen LogP contribution in [0.4, 0.5) is 0 Å². The van der Waals surface area contributed by atoms with Gasteiger partial charge in [-0.2, -0.15) is 0 Å². The molecule has 0 saturated heterocycles. The number of carbonyl (C=O) groups is 2. The van der Waals surface area contributed by atoms with Crippen LogP contribution in [0.25, 0.3) is 0 Å². The number of aromatic carboxylic acids is 2. The van der Waals surface area contributed by atoms with Crippen LogP contribution in [0.3, 0.4) is 0 Å². The Labute approximate surface area is 95.6 Å². The van der Waals surface area contributed by atoms with Gasteiger partial charge in [-0.25, -0.2) is 9.59 Å². The SMILES string of the molecule is O=C(O)c1ccc(C(=O)O)s1.[H-].[Na+]. The van der Waals surface area contributed by atoms with Crippen molar-refractivity contribution in [1.29, 1.82) is 0 Å². The van der Waals surface area contributed by atoms with Crippen LogP contribution in [0.5, 0.6) is 0 Å². The second-order valence-corrected chi connectivity index (χ2v) is 2.86. The van der Waals surface area contributed by atoms with E-state index in [1.54, 1.807) is 0 Å². The van der Waals surface area contributed by atoms with Crippen molar-refractivity contribution in [2.24, 2.45) is 0 Å². The summed E-state index contributed by atoms with van der Waals surface area (Å²) in [5, 5.41) is 16.8. The molecular weight excluding hydrogens is 191 g/mol.